The second kappa shape index (κ2) is 6.02. The number of nitrogens with one attached hydrogen (secondary N) is 1. The van der Waals surface area contributed by atoms with Crippen molar-refractivity contribution in [1.29, 1.82) is 0 Å². The Kier molecular flexibility index (Phi) is 4.38. The molecule has 1 heteroatoms. The normalized spacial score (nSPS) is 18.2. The molecule has 0 saturated heterocycles. The average molecular weight is 229 g/mol. The maximum atomic E-state index is 3.56. The van der Waals surface area contributed by atoms with Crippen molar-refractivity contribution in [3.63, 3.8) is 0 Å². The molecule has 0 radical (unpaired) electrons. The first-order valence-electron chi connectivity index (χ1n) is 6.77. The summed E-state index contributed by atoms with van der Waals surface area (Å²) in [7, 11) is 0. The zero-order valence-corrected chi connectivity index (χ0v) is 10.8. The predicted molar refractivity (Wildman–Crippen MR) is 74.9 cm³/mol. The van der Waals surface area contributed by atoms with Gasteiger partial charge in [-0.15, -0.1) is 0 Å². The first-order valence-corrected chi connectivity index (χ1v) is 6.77. The highest BCUT2D eigenvalue weighted by Gasteiger charge is 2.34. The molecule has 0 aromatic heterocycles. The molecule has 0 heterocycles. The van der Waals surface area contributed by atoms with Crippen LogP contribution in [0, 0.1) is 5.41 Å². The smallest absolute Gasteiger partial charge is 0.0138 e. The van der Waals surface area contributed by atoms with Crippen LogP contribution in [0.3, 0.4) is 0 Å². The summed E-state index contributed by atoms with van der Waals surface area (Å²) in [6, 6.07) is 10.5. The lowest BCUT2D eigenvalue weighted by Gasteiger charge is -2.41. The Labute approximate surface area is 105 Å². The van der Waals surface area contributed by atoms with Crippen molar-refractivity contribution in [3.05, 3.63) is 42.0 Å². The molecule has 1 aromatic rings. The van der Waals surface area contributed by atoms with Crippen molar-refractivity contribution >= 4 is 6.08 Å². The van der Waals surface area contributed by atoms with Gasteiger partial charge < -0.3 is 5.32 Å². The predicted octanol–water partition coefficient (Wildman–Crippen LogP) is 3.87. The molecule has 0 atom stereocenters. The fourth-order valence-corrected chi connectivity index (χ4v) is 2.51. The van der Waals surface area contributed by atoms with Crippen molar-refractivity contribution in [1.82, 2.24) is 5.32 Å². The Bertz CT molecular complexity index is 344. The van der Waals surface area contributed by atoms with Gasteiger partial charge in [0.25, 0.3) is 0 Å². The molecule has 0 aliphatic heterocycles. The van der Waals surface area contributed by atoms with E-state index in [2.05, 4.69) is 54.7 Å². The van der Waals surface area contributed by atoms with Crippen LogP contribution in [0.4, 0.5) is 0 Å². The third kappa shape index (κ3) is 3.44. The van der Waals surface area contributed by atoms with Crippen LogP contribution in [0.15, 0.2) is 36.4 Å². The summed E-state index contributed by atoms with van der Waals surface area (Å²) in [6.07, 6.45) is 9.99. The first-order chi connectivity index (χ1) is 8.35. The standard InChI is InChI=1S/C16H23N/c1-2-16(11-7-12-16)14-17-13-6-10-15-8-4-3-5-9-15/h3-6,8-10,17H,2,7,11-14H2,1H3/b10-6+. The molecular formula is C16H23N. The molecule has 1 N–H and O–H groups in total. The van der Waals surface area contributed by atoms with E-state index in [0.29, 0.717) is 5.41 Å². The van der Waals surface area contributed by atoms with Crippen LogP contribution in [0.25, 0.3) is 6.08 Å². The van der Waals surface area contributed by atoms with E-state index < -0.39 is 0 Å². The number of rotatable bonds is 6. The van der Waals surface area contributed by atoms with Gasteiger partial charge in [0.15, 0.2) is 0 Å². The lowest BCUT2D eigenvalue weighted by Crippen LogP contribution is -2.39. The van der Waals surface area contributed by atoms with Crippen LogP contribution in [-0.2, 0) is 0 Å². The number of hydrogen-bond donors (Lipinski definition) is 1. The molecule has 17 heavy (non-hydrogen) atoms. The highest BCUT2D eigenvalue weighted by molar-refractivity contribution is 5.48. The number of benzene rings is 1. The minimum absolute atomic E-state index is 0.626. The Hall–Kier alpha value is -1.08. The maximum Gasteiger partial charge on any atom is 0.0138 e. The highest BCUT2D eigenvalue weighted by Crippen LogP contribution is 2.42. The Balaban J connectivity index is 1.68. The molecule has 1 fully saturated rings. The fourth-order valence-electron chi connectivity index (χ4n) is 2.51. The summed E-state index contributed by atoms with van der Waals surface area (Å²) >= 11 is 0. The molecule has 1 saturated carbocycles. The van der Waals surface area contributed by atoms with E-state index in [1.807, 2.05) is 0 Å². The summed E-state index contributed by atoms with van der Waals surface area (Å²) in [6.45, 7) is 4.49. The van der Waals surface area contributed by atoms with Crippen molar-refractivity contribution in [3.8, 4) is 0 Å². The first kappa shape index (κ1) is 12.4. The zero-order chi connectivity index (χ0) is 12.0. The molecule has 1 aromatic carbocycles. The second-order valence-electron chi connectivity index (χ2n) is 5.15. The van der Waals surface area contributed by atoms with Crippen molar-refractivity contribution in [2.45, 2.75) is 32.6 Å². The van der Waals surface area contributed by atoms with Gasteiger partial charge in [0.1, 0.15) is 0 Å². The van der Waals surface area contributed by atoms with E-state index >= 15 is 0 Å². The van der Waals surface area contributed by atoms with Crippen LogP contribution in [0.1, 0.15) is 38.2 Å². The van der Waals surface area contributed by atoms with Crippen LogP contribution in [-0.4, -0.2) is 13.1 Å². The van der Waals surface area contributed by atoms with Crippen molar-refractivity contribution in [2.24, 2.45) is 5.41 Å². The van der Waals surface area contributed by atoms with Crippen LogP contribution in [0.2, 0.25) is 0 Å². The van der Waals surface area contributed by atoms with Gasteiger partial charge in [-0.1, -0.05) is 55.8 Å². The quantitative estimate of drug-likeness (QED) is 0.730. The molecular weight excluding hydrogens is 206 g/mol. The van der Waals surface area contributed by atoms with Gasteiger partial charge in [-0.3, -0.25) is 0 Å². The van der Waals surface area contributed by atoms with Gasteiger partial charge in [0.05, 0.1) is 0 Å². The fraction of sp³-hybridized carbons (Fsp3) is 0.500. The van der Waals surface area contributed by atoms with Crippen molar-refractivity contribution < 1.29 is 0 Å². The van der Waals surface area contributed by atoms with Crippen LogP contribution in [0.5, 0.6) is 0 Å². The molecule has 0 unspecified atom stereocenters. The Morgan fingerprint density at radius 2 is 2.00 bits per heavy atom. The van der Waals surface area contributed by atoms with Crippen LogP contribution >= 0.6 is 0 Å². The molecule has 0 bridgehead atoms. The van der Waals surface area contributed by atoms with E-state index in [0.717, 1.165) is 6.54 Å². The summed E-state index contributed by atoms with van der Waals surface area (Å²) in [5, 5.41) is 3.56. The van der Waals surface area contributed by atoms with E-state index in [1.54, 1.807) is 0 Å². The van der Waals surface area contributed by atoms with Gasteiger partial charge in [0, 0.05) is 13.1 Å². The Morgan fingerprint density at radius 3 is 2.59 bits per heavy atom. The zero-order valence-electron chi connectivity index (χ0n) is 10.8. The molecule has 2 rings (SSSR count). The van der Waals surface area contributed by atoms with E-state index in [-0.39, 0.29) is 0 Å². The molecule has 0 spiro atoms. The summed E-state index contributed by atoms with van der Waals surface area (Å²) in [4.78, 5) is 0. The third-order valence-corrected chi connectivity index (χ3v) is 4.04. The van der Waals surface area contributed by atoms with Gasteiger partial charge >= 0.3 is 0 Å². The lowest BCUT2D eigenvalue weighted by atomic mass is 9.67. The van der Waals surface area contributed by atoms with Crippen molar-refractivity contribution in [2.75, 3.05) is 13.1 Å². The lowest BCUT2D eigenvalue weighted by molar-refractivity contribution is 0.126. The van der Waals surface area contributed by atoms with Gasteiger partial charge in [-0.25, -0.2) is 0 Å². The molecule has 0 amide bonds. The Morgan fingerprint density at radius 1 is 1.24 bits per heavy atom. The summed E-state index contributed by atoms with van der Waals surface area (Å²) in [5.74, 6) is 0. The number of hydrogen-bond acceptors (Lipinski definition) is 1. The average Bonchev–Trinajstić information content (AvgIpc) is 2.33. The second-order valence-corrected chi connectivity index (χ2v) is 5.15. The van der Waals surface area contributed by atoms with E-state index in [4.69, 9.17) is 0 Å². The molecule has 1 nitrogen and oxygen atoms in total. The maximum absolute atomic E-state index is 3.56. The molecule has 1 aliphatic rings. The van der Waals surface area contributed by atoms with Gasteiger partial charge in [-0.05, 0) is 30.2 Å². The van der Waals surface area contributed by atoms with Crippen LogP contribution < -0.4 is 5.32 Å². The monoisotopic (exact) mass is 229 g/mol. The summed E-state index contributed by atoms with van der Waals surface area (Å²) < 4.78 is 0. The largest absolute Gasteiger partial charge is 0.313 e. The summed E-state index contributed by atoms with van der Waals surface area (Å²) in [5.41, 5.74) is 1.91. The van der Waals surface area contributed by atoms with E-state index in [9.17, 15) is 0 Å². The SMILES string of the molecule is CCC1(CNC/C=C/c2ccccc2)CCC1. The highest BCUT2D eigenvalue weighted by atomic mass is 14.9. The van der Waals surface area contributed by atoms with E-state index in [1.165, 1.54) is 37.8 Å². The minimum atomic E-state index is 0.626. The minimum Gasteiger partial charge on any atom is -0.313 e. The van der Waals surface area contributed by atoms with Gasteiger partial charge in [0.2, 0.25) is 0 Å². The molecule has 1 aliphatic carbocycles. The third-order valence-electron chi connectivity index (χ3n) is 4.04. The topological polar surface area (TPSA) is 12.0 Å². The molecule has 92 valence electrons. The van der Waals surface area contributed by atoms with Gasteiger partial charge in [-0.2, -0.15) is 0 Å².